The molecule has 3 N–H and O–H groups in total. The number of aliphatic hydroxyl groups excluding tert-OH is 1. The van der Waals surface area contributed by atoms with Gasteiger partial charge in [-0.1, -0.05) is 6.42 Å². The minimum Gasteiger partial charge on any atom is -0.395 e. The summed E-state index contributed by atoms with van der Waals surface area (Å²) in [6.07, 6.45) is 6.86. The summed E-state index contributed by atoms with van der Waals surface area (Å²) in [5.41, 5.74) is 0.660. The van der Waals surface area contributed by atoms with Gasteiger partial charge in [0.25, 0.3) is 5.91 Å². The van der Waals surface area contributed by atoms with Crippen LogP contribution >= 0.6 is 0 Å². The smallest absolute Gasteiger partial charge is 0.252 e. The van der Waals surface area contributed by atoms with Crippen LogP contribution in [-0.4, -0.2) is 53.2 Å². The van der Waals surface area contributed by atoms with Crippen molar-refractivity contribution in [1.29, 1.82) is 0 Å². The third-order valence-corrected chi connectivity index (χ3v) is 3.50. The van der Waals surface area contributed by atoms with Crippen molar-refractivity contribution < 1.29 is 9.90 Å². The number of likely N-dealkylation sites (tertiary alicyclic amines) is 1. The number of rotatable bonds is 5. The molecule has 0 spiro atoms. The average molecular weight is 251 g/mol. The summed E-state index contributed by atoms with van der Waals surface area (Å²) in [4.78, 5) is 16.8. The van der Waals surface area contributed by atoms with Crippen molar-refractivity contribution in [1.82, 2.24) is 15.2 Å². The van der Waals surface area contributed by atoms with Crippen LogP contribution < -0.4 is 5.32 Å². The molecule has 0 aliphatic carbocycles. The van der Waals surface area contributed by atoms with Crippen molar-refractivity contribution in [3.05, 3.63) is 24.0 Å². The zero-order valence-corrected chi connectivity index (χ0v) is 10.6. The molecule has 1 aliphatic heterocycles. The van der Waals surface area contributed by atoms with Gasteiger partial charge < -0.3 is 15.4 Å². The van der Waals surface area contributed by atoms with Crippen LogP contribution in [-0.2, 0) is 0 Å². The van der Waals surface area contributed by atoms with Gasteiger partial charge in [-0.2, -0.15) is 0 Å². The van der Waals surface area contributed by atoms with Crippen molar-refractivity contribution in [3.63, 3.8) is 0 Å². The van der Waals surface area contributed by atoms with E-state index in [0.717, 1.165) is 19.5 Å². The summed E-state index contributed by atoms with van der Waals surface area (Å²) >= 11 is 0. The maximum Gasteiger partial charge on any atom is 0.252 e. The third kappa shape index (κ3) is 3.34. The molecule has 1 aromatic heterocycles. The lowest BCUT2D eigenvalue weighted by atomic mass is 10.0. The molecule has 1 amide bonds. The molecule has 1 aliphatic rings. The van der Waals surface area contributed by atoms with E-state index >= 15 is 0 Å². The minimum absolute atomic E-state index is 0.0474. The third-order valence-electron chi connectivity index (χ3n) is 3.50. The Hall–Kier alpha value is -1.33. The first-order valence-corrected chi connectivity index (χ1v) is 6.57. The van der Waals surface area contributed by atoms with Gasteiger partial charge in [0.15, 0.2) is 0 Å². The number of aromatic nitrogens is 1. The normalized spacial score (nSPS) is 20.8. The standard InChI is InChI=1S/C13H21N3O2/c17-10-12-3-1-2-7-16(12)8-6-15-13(18)11-4-5-14-9-11/h4-5,9,12,14,17H,1-3,6-8,10H2,(H,15,18)/t12-/m0/s1. The lowest BCUT2D eigenvalue weighted by molar-refractivity contribution is 0.0849. The second-order valence-electron chi connectivity index (χ2n) is 4.72. The van der Waals surface area contributed by atoms with Gasteiger partial charge in [-0.15, -0.1) is 0 Å². The van der Waals surface area contributed by atoms with Gasteiger partial charge in [-0.3, -0.25) is 9.69 Å². The maximum absolute atomic E-state index is 11.7. The molecule has 1 fully saturated rings. The van der Waals surface area contributed by atoms with Gasteiger partial charge in [0.2, 0.25) is 0 Å². The number of aliphatic hydroxyl groups is 1. The highest BCUT2D eigenvalue weighted by Gasteiger charge is 2.21. The molecule has 1 aromatic rings. The first-order valence-electron chi connectivity index (χ1n) is 6.57. The lowest BCUT2D eigenvalue weighted by Gasteiger charge is -2.34. The van der Waals surface area contributed by atoms with E-state index in [-0.39, 0.29) is 18.6 Å². The number of carbonyl (C=O) groups excluding carboxylic acids is 1. The number of hydrogen-bond donors (Lipinski definition) is 3. The quantitative estimate of drug-likeness (QED) is 0.717. The van der Waals surface area contributed by atoms with Crippen LogP contribution in [0.15, 0.2) is 18.5 Å². The summed E-state index contributed by atoms with van der Waals surface area (Å²) in [5.74, 6) is -0.0474. The number of amides is 1. The fourth-order valence-electron chi connectivity index (χ4n) is 2.44. The van der Waals surface area contributed by atoms with Gasteiger partial charge in [0.1, 0.15) is 0 Å². The topological polar surface area (TPSA) is 68.4 Å². The summed E-state index contributed by atoms with van der Waals surface area (Å²) < 4.78 is 0. The van der Waals surface area contributed by atoms with E-state index < -0.39 is 0 Å². The SMILES string of the molecule is O=C(NCCN1CCCC[C@H]1CO)c1cc[nH]c1. The number of nitrogens with zero attached hydrogens (tertiary/aromatic N) is 1. The van der Waals surface area contributed by atoms with Gasteiger partial charge >= 0.3 is 0 Å². The molecule has 0 bridgehead atoms. The molecule has 0 saturated carbocycles. The van der Waals surface area contributed by atoms with Gasteiger partial charge in [0.05, 0.1) is 12.2 Å². The van der Waals surface area contributed by atoms with Crippen LogP contribution in [0, 0.1) is 0 Å². The number of carbonyl (C=O) groups is 1. The highest BCUT2D eigenvalue weighted by molar-refractivity contribution is 5.93. The number of hydrogen-bond acceptors (Lipinski definition) is 3. The van der Waals surface area contributed by atoms with Crippen LogP contribution in [0.5, 0.6) is 0 Å². The molecule has 2 heterocycles. The van der Waals surface area contributed by atoms with E-state index in [1.807, 2.05) is 0 Å². The Kier molecular flexibility index (Phi) is 4.78. The van der Waals surface area contributed by atoms with E-state index in [1.165, 1.54) is 12.8 Å². The second kappa shape index (κ2) is 6.56. The monoisotopic (exact) mass is 251 g/mol. The van der Waals surface area contributed by atoms with E-state index in [2.05, 4.69) is 15.2 Å². The second-order valence-corrected chi connectivity index (χ2v) is 4.72. The van der Waals surface area contributed by atoms with Crippen molar-refractivity contribution in [2.75, 3.05) is 26.2 Å². The first kappa shape index (κ1) is 13.1. The fraction of sp³-hybridized carbons (Fsp3) is 0.615. The molecule has 5 nitrogen and oxygen atoms in total. The number of piperidine rings is 1. The predicted octanol–water partition coefficient (Wildman–Crippen LogP) is 0.591. The molecule has 100 valence electrons. The van der Waals surface area contributed by atoms with Crippen LogP contribution in [0.1, 0.15) is 29.6 Å². The number of H-pyrrole nitrogens is 1. The molecule has 18 heavy (non-hydrogen) atoms. The Morgan fingerprint density at radius 1 is 1.56 bits per heavy atom. The van der Waals surface area contributed by atoms with E-state index in [4.69, 9.17) is 0 Å². The van der Waals surface area contributed by atoms with E-state index in [1.54, 1.807) is 18.5 Å². The van der Waals surface area contributed by atoms with Crippen molar-refractivity contribution >= 4 is 5.91 Å². The summed E-state index contributed by atoms with van der Waals surface area (Å²) in [5, 5.41) is 12.2. The van der Waals surface area contributed by atoms with Gasteiger partial charge in [0, 0.05) is 31.5 Å². The molecule has 1 saturated heterocycles. The summed E-state index contributed by atoms with van der Waals surface area (Å²) in [6, 6.07) is 2.02. The zero-order chi connectivity index (χ0) is 12.8. The molecular formula is C13H21N3O2. The van der Waals surface area contributed by atoms with Gasteiger partial charge in [-0.25, -0.2) is 0 Å². The highest BCUT2D eigenvalue weighted by atomic mass is 16.3. The molecule has 5 heteroatoms. The van der Waals surface area contributed by atoms with Crippen LogP contribution in [0.4, 0.5) is 0 Å². The fourth-order valence-corrected chi connectivity index (χ4v) is 2.44. The average Bonchev–Trinajstić information content (AvgIpc) is 2.93. The largest absolute Gasteiger partial charge is 0.395 e. The molecule has 0 unspecified atom stereocenters. The van der Waals surface area contributed by atoms with Crippen LogP contribution in [0.3, 0.4) is 0 Å². The minimum atomic E-state index is -0.0474. The van der Waals surface area contributed by atoms with Crippen LogP contribution in [0.25, 0.3) is 0 Å². The summed E-state index contributed by atoms with van der Waals surface area (Å²) in [7, 11) is 0. The van der Waals surface area contributed by atoms with Crippen LogP contribution in [0.2, 0.25) is 0 Å². The summed E-state index contributed by atoms with van der Waals surface area (Å²) in [6.45, 7) is 2.67. The maximum atomic E-state index is 11.7. The number of nitrogens with one attached hydrogen (secondary N) is 2. The van der Waals surface area contributed by atoms with Gasteiger partial charge in [-0.05, 0) is 25.5 Å². The van der Waals surface area contributed by atoms with E-state index in [0.29, 0.717) is 12.1 Å². The molecular weight excluding hydrogens is 230 g/mol. The molecule has 0 radical (unpaired) electrons. The van der Waals surface area contributed by atoms with Crippen molar-refractivity contribution in [2.24, 2.45) is 0 Å². The molecule has 1 atom stereocenters. The van der Waals surface area contributed by atoms with Crippen molar-refractivity contribution in [2.45, 2.75) is 25.3 Å². The number of aromatic amines is 1. The lowest BCUT2D eigenvalue weighted by Crippen LogP contribution is -2.45. The first-order chi connectivity index (χ1) is 8.81. The van der Waals surface area contributed by atoms with Crippen molar-refractivity contribution in [3.8, 4) is 0 Å². The Balaban J connectivity index is 1.72. The highest BCUT2D eigenvalue weighted by Crippen LogP contribution is 2.15. The van der Waals surface area contributed by atoms with E-state index in [9.17, 15) is 9.90 Å². The Bertz CT molecular complexity index is 364. The Morgan fingerprint density at radius 3 is 3.17 bits per heavy atom. The molecule has 2 rings (SSSR count). The zero-order valence-electron chi connectivity index (χ0n) is 10.6. The molecule has 0 aromatic carbocycles. The Labute approximate surface area is 107 Å². The predicted molar refractivity (Wildman–Crippen MR) is 69.4 cm³/mol. The Morgan fingerprint density at radius 2 is 2.44 bits per heavy atom.